The van der Waals surface area contributed by atoms with Crippen LogP contribution >= 0.6 is 0 Å². The highest BCUT2D eigenvalue weighted by atomic mass is 16.2. The first-order valence-corrected chi connectivity index (χ1v) is 7.42. The zero-order valence-electron chi connectivity index (χ0n) is 13.5. The molecule has 0 aliphatic rings. The minimum absolute atomic E-state index is 0.146. The summed E-state index contributed by atoms with van der Waals surface area (Å²) in [5, 5.41) is 6.02. The second-order valence-electron chi connectivity index (χ2n) is 5.57. The normalized spacial score (nSPS) is 11.6. The summed E-state index contributed by atoms with van der Waals surface area (Å²) in [7, 11) is 0. The van der Waals surface area contributed by atoms with Crippen LogP contribution in [0.3, 0.4) is 0 Å². The van der Waals surface area contributed by atoms with Crippen LogP contribution in [0.15, 0.2) is 42.5 Å². The van der Waals surface area contributed by atoms with E-state index in [0.717, 1.165) is 16.8 Å². The Morgan fingerprint density at radius 3 is 2.26 bits per heavy atom. The zero-order valence-corrected chi connectivity index (χ0v) is 13.5. The van der Waals surface area contributed by atoms with Crippen LogP contribution in [0, 0.1) is 13.8 Å². The largest absolute Gasteiger partial charge is 0.374 e. The molecule has 2 aromatic rings. The van der Waals surface area contributed by atoms with Crippen LogP contribution in [0.5, 0.6) is 0 Å². The summed E-state index contributed by atoms with van der Waals surface area (Å²) < 4.78 is 0. The number of hydrogen-bond donors (Lipinski definition) is 3. The topological polar surface area (TPSA) is 84.2 Å². The number of anilines is 2. The van der Waals surface area contributed by atoms with Crippen LogP contribution < -0.4 is 16.4 Å². The third-order valence-electron chi connectivity index (χ3n) is 3.65. The number of carbonyl (C=O) groups is 2. The van der Waals surface area contributed by atoms with Gasteiger partial charge in [0.15, 0.2) is 0 Å². The molecule has 0 aliphatic heterocycles. The molecule has 5 heteroatoms. The highest BCUT2D eigenvalue weighted by Gasteiger charge is 2.15. The summed E-state index contributed by atoms with van der Waals surface area (Å²) in [6.07, 6.45) is 0. The van der Waals surface area contributed by atoms with Gasteiger partial charge in [0.1, 0.15) is 6.04 Å². The van der Waals surface area contributed by atoms with Gasteiger partial charge >= 0.3 is 0 Å². The first kappa shape index (κ1) is 16.5. The Morgan fingerprint density at radius 2 is 1.65 bits per heavy atom. The van der Waals surface area contributed by atoms with E-state index < -0.39 is 11.9 Å². The summed E-state index contributed by atoms with van der Waals surface area (Å²) in [5.74, 6) is -0.645. The molecular formula is C18H21N3O2. The van der Waals surface area contributed by atoms with Gasteiger partial charge in [-0.3, -0.25) is 9.59 Å². The fourth-order valence-electron chi connectivity index (χ4n) is 2.32. The first-order valence-electron chi connectivity index (χ1n) is 7.42. The van der Waals surface area contributed by atoms with Crippen molar-refractivity contribution < 1.29 is 9.59 Å². The molecule has 23 heavy (non-hydrogen) atoms. The van der Waals surface area contributed by atoms with Gasteiger partial charge in [0.05, 0.1) is 0 Å². The lowest BCUT2D eigenvalue weighted by Crippen LogP contribution is -2.32. The molecular weight excluding hydrogens is 290 g/mol. The quantitative estimate of drug-likeness (QED) is 0.794. The van der Waals surface area contributed by atoms with E-state index in [-0.39, 0.29) is 5.91 Å². The third kappa shape index (κ3) is 4.10. The highest BCUT2D eigenvalue weighted by Crippen LogP contribution is 2.20. The van der Waals surface area contributed by atoms with E-state index in [1.54, 1.807) is 31.2 Å². The third-order valence-corrected chi connectivity index (χ3v) is 3.65. The van der Waals surface area contributed by atoms with Gasteiger partial charge in [0.25, 0.3) is 0 Å². The first-order chi connectivity index (χ1) is 10.9. The van der Waals surface area contributed by atoms with Crippen LogP contribution in [-0.4, -0.2) is 17.9 Å². The molecule has 0 aromatic heterocycles. The van der Waals surface area contributed by atoms with Gasteiger partial charge in [-0.05, 0) is 50.1 Å². The van der Waals surface area contributed by atoms with E-state index >= 15 is 0 Å². The maximum absolute atomic E-state index is 12.4. The summed E-state index contributed by atoms with van der Waals surface area (Å²) in [5.41, 5.74) is 9.20. The summed E-state index contributed by atoms with van der Waals surface area (Å²) in [6.45, 7) is 5.67. The van der Waals surface area contributed by atoms with Crippen molar-refractivity contribution in [3.05, 3.63) is 59.2 Å². The number of benzene rings is 2. The predicted octanol–water partition coefficient (Wildman–Crippen LogP) is 2.84. The molecule has 1 atom stereocenters. The number of nitrogens with one attached hydrogen (secondary N) is 2. The monoisotopic (exact) mass is 311 g/mol. The molecule has 5 nitrogen and oxygen atoms in total. The van der Waals surface area contributed by atoms with Crippen molar-refractivity contribution in [2.75, 3.05) is 10.6 Å². The van der Waals surface area contributed by atoms with Gasteiger partial charge in [-0.25, -0.2) is 0 Å². The van der Waals surface area contributed by atoms with E-state index in [9.17, 15) is 9.59 Å². The molecule has 0 saturated carbocycles. The number of para-hydroxylation sites is 1. The van der Waals surface area contributed by atoms with Crippen molar-refractivity contribution in [1.82, 2.24) is 0 Å². The Bertz CT molecular complexity index is 721. The van der Waals surface area contributed by atoms with Crippen molar-refractivity contribution in [2.45, 2.75) is 26.8 Å². The van der Waals surface area contributed by atoms with E-state index in [1.807, 2.05) is 32.0 Å². The number of rotatable bonds is 5. The summed E-state index contributed by atoms with van der Waals surface area (Å²) in [6, 6.07) is 12.2. The smallest absolute Gasteiger partial charge is 0.248 e. The molecule has 0 saturated heterocycles. The highest BCUT2D eigenvalue weighted by molar-refractivity contribution is 5.98. The lowest BCUT2D eigenvalue weighted by atomic mass is 10.1. The Balaban J connectivity index is 2.08. The maximum Gasteiger partial charge on any atom is 0.248 e. The van der Waals surface area contributed by atoms with Crippen molar-refractivity contribution >= 4 is 23.2 Å². The Labute approximate surface area is 135 Å². The number of nitrogens with two attached hydrogens (primary N) is 1. The van der Waals surface area contributed by atoms with Crippen LogP contribution in [-0.2, 0) is 4.79 Å². The second-order valence-corrected chi connectivity index (χ2v) is 5.57. The predicted molar refractivity (Wildman–Crippen MR) is 92.6 cm³/mol. The number of primary amides is 1. The van der Waals surface area contributed by atoms with Gasteiger partial charge < -0.3 is 16.4 Å². The lowest BCUT2D eigenvalue weighted by Gasteiger charge is -2.18. The van der Waals surface area contributed by atoms with Crippen LogP contribution in [0.25, 0.3) is 0 Å². The molecule has 4 N–H and O–H groups in total. The van der Waals surface area contributed by atoms with Crippen LogP contribution in [0.1, 0.15) is 28.4 Å². The molecule has 0 fully saturated rings. The van der Waals surface area contributed by atoms with Gasteiger partial charge in [-0.2, -0.15) is 0 Å². The van der Waals surface area contributed by atoms with Gasteiger partial charge in [0.2, 0.25) is 11.8 Å². The van der Waals surface area contributed by atoms with Crippen LogP contribution in [0.4, 0.5) is 11.4 Å². The van der Waals surface area contributed by atoms with Gasteiger partial charge in [0, 0.05) is 16.9 Å². The molecule has 2 amide bonds. The Hall–Kier alpha value is -2.82. The number of amides is 2. The molecule has 0 heterocycles. The molecule has 120 valence electrons. The number of aryl methyl sites for hydroxylation is 2. The molecule has 2 aromatic carbocycles. The van der Waals surface area contributed by atoms with E-state index in [1.165, 1.54) is 0 Å². The average molecular weight is 311 g/mol. The summed E-state index contributed by atoms with van der Waals surface area (Å²) >= 11 is 0. The maximum atomic E-state index is 12.4. The molecule has 0 bridgehead atoms. The lowest BCUT2D eigenvalue weighted by molar-refractivity contribution is -0.116. The summed E-state index contributed by atoms with van der Waals surface area (Å²) in [4.78, 5) is 23.6. The second kappa shape index (κ2) is 6.96. The van der Waals surface area contributed by atoms with Gasteiger partial charge in [-0.1, -0.05) is 24.3 Å². The molecule has 2 rings (SSSR count). The standard InChI is InChI=1S/C18H21N3O2/c1-11-6-4-7-12(2)16(11)21-18(23)13(3)20-15-9-5-8-14(10-15)17(19)22/h4-10,13,20H,1-3H3,(H2,19,22)(H,21,23). The minimum atomic E-state index is -0.499. The SMILES string of the molecule is Cc1cccc(C)c1NC(=O)C(C)Nc1cccc(C(N)=O)c1. The van der Waals surface area contributed by atoms with Crippen molar-refractivity contribution in [3.8, 4) is 0 Å². The fraction of sp³-hybridized carbons (Fsp3) is 0.222. The molecule has 0 spiro atoms. The zero-order chi connectivity index (χ0) is 17.0. The van der Waals surface area contributed by atoms with E-state index in [0.29, 0.717) is 11.3 Å². The molecule has 0 radical (unpaired) electrons. The number of carbonyl (C=O) groups excluding carboxylic acids is 2. The van der Waals surface area contributed by atoms with Crippen molar-refractivity contribution in [1.29, 1.82) is 0 Å². The van der Waals surface area contributed by atoms with Crippen molar-refractivity contribution in [2.24, 2.45) is 5.73 Å². The van der Waals surface area contributed by atoms with Gasteiger partial charge in [-0.15, -0.1) is 0 Å². The Kier molecular flexibility index (Phi) is 5.01. The van der Waals surface area contributed by atoms with E-state index in [2.05, 4.69) is 10.6 Å². The Morgan fingerprint density at radius 1 is 1.04 bits per heavy atom. The fourth-order valence-corrected chi connectivity index (χ4v) is 2.32. The minimum Gasteiger partial charge on any atom is -0.374 e. The molecule has 1 unspecified atom stereocenters. The van der Waals surface area contributed by atoms with Crippen LogP contribution in [0.2, 0.25) is 0 Å². The molecule has 0 aliphatic carbocycles. The van der Waals surface area contributed by atoms with Crippen molar-refractivity contribution in [3.63, 3.8) is 0 Å². The van der Waals surface area contributed by atoms with E-state index in [4.69, 9.17) is 5.73 Å². The average Bonchev–Trinajstić information content (AvgIpc) is 2.51. The number of hydrogen-bond acceptors (Lipinski definition) is 3.